The van der Waals surface area contributed by atoms with E-state index in [-0.39, 0.29) is 0 Å². The van der Waals surface area contributed by atoms with Gasteiger partial charge in [-0.3, -0.25) is 0 Å². The van der Waals surface area contributed by atoms with Crippen molar-refractivity contribution >= 4 is 0 Å². The van der Waals surface area contributed by atoms with Crippen LogP contribution in [0.2, 0.25) is 0 Å². The van der Waals surface area contributed by atoms with Crippen LogP contribution in [0.3, 0.4) is 0 Å². The quantitative estimate of drug-likeness (QED) is 0.536. The highest BCUT2D eigenvalue weighted by molar-refractivity contribution is 5.44. The molecule has 0 aliphatic carbocycles. The van der Waals surface area contributed by atoms with E-state index in [1.807, 2.05) is 24.3 Å². The van der Waals surface area contributed by atoms with Crippen LogP contribution >= 0.6 is 0 Å². The molecule has 0 amide bonds. The minimum Gasteiger partial charge on any atom is -0.486 e. The van der Waals surface area contributed by atoms with Gasteiger partial charge in [-0.15, -0.1) is 6.58 Å². The van der Waals surface area contributed by atoms with E-state index in [1.54, 1.807) is 0 Å². The van der Waals surface area contributed by atoms with Gasteiger partial charge in [-0.1, -0.05) is 12.1 Å². The minimum absolute atomic E-state index is 0.477. The van der Waals surface area contributed by atoms with Crippen molar-refractivity contribution in [2.45, 2.75) is 12.5 Å². The van der Waals surface area contributed by atoms with Crippen molar-refractivity contribution in [1.29, 1.82) is 0 Å². The maximum atomic E-state index is 10.1. The highest BCUT2D eigenvalue weighted by Gasteiger charge is 2.15. The van der Waals surface area contributed by atoms with Gasteiger partial charge in [-0.25, -0.2) is 0 Å². The van der Waals surface area contributed by atoms with Crippen LogP contribution in [0.5, 0.6) is 11.5 Å². The zero-order chi connectivity index (χ0) is 14.9. The summed E-state index contributed by atoms with van der Waals surface area (Å²) in [5.41, 5.74) is 0.819. The van der Waals surface area contributed by atoms with Gasteiger partial charge in [-0.2, -0.15) is 0 Å². The molecule has 2 N–H and O–H groups in total. The van der Waals surface area contributed by atoms with Gasteiger partial charge < -0.3 is 24.6 Å². The summed E-state index contributed by atoms with van der Waals surface area (Å²) >= 11 is 0. The lowest BCUT2D eigenvalue weighted by atomic mass is 10.1. The first-order valence-electron chi connectivity index (χ1n) is 7.28. The van der Waals surface area contributed by atoms with Gasteiger partial charge in [0.1, 0.15) is 13.2 Å². The van der Waals surface area contributed by atoms with Gasteiger partial charge in [0, 0.05) is 13.1 Å². The number of ether oxygens (including phenoxy) is 3. The molecule has 1 aromatic rings. The zero-order valence-electron chi connectivity index (χ0n) is 12.2. The second-order valence-corrected chi connectivity index (χ2v) is 4.81. The van der Waals surface area contributed by atoms with Crippen LogP contribution in [0.25, 0.3) is 0 Å². The number of aliphatic hydroxyl groups excluding tert-OH is 1. The van der Waals surface area contributed by atoms with Crippen LogP contribution in [0.1, 0.15) is 18.1 Å². The van der Waals surface area contributed by atoms with Crippen molar-refractivity contribution in [3.63, 3.8) is 0 Å². The van der Waals surface area contributed by atoms with Crippen LogP contribution in [-0.2, 0) is 4.74 Å². The van der Waals surface area contributed by atoms with Crippen molar-refractivity contribution in [3.05, 3.63) is 36.4 Å². The Morgan fingerprint density at radius 3 is 2.90 bits per heavy atom. The number of benzene rings is 1. The molecule has 0 radical (unpaired) electrons. The van der Waals surface area contributed by atoms with Crippen LogP contribution < -0.4 is 14.8 Å². The molecular weight excluding hydrogens is 270 g/mol. The molecule has 0 saturated carbocycles. The van der Waals surface area contributed by atoms with Crippen molar-refractivity contribution < 1.29 is 19.3 Å². The molecule has 2 rings (SSSR count). The fourth-order valence-electron chi connectivity index (χ4n) is 2.04. The fourth-order valence-corrected chi connectivity index (χ4v) is 2.04. The summed E-state index contributed by atoms with van der Waals surface area (Å²) < 4.78 is 16.4. The zero-order valence-corrected chi connectivity index (χ0v) is 12.2. The molecule has 1 atom stereocenters. The smallest absolute Gasteiger partial charge is 0.161 e. The first-order chi connectivity index (χ1) is 10.3. The lowest BCUT2D eigenvalue weighted by Crippen LogP contribution is -2.25. The maximum absolute atomic E-state index is 10.1. The third-order valence-corrected chi connectivity index (χ3v) is 3.18. The third kappa shape index (κ3) is 5.04. The molecule has 0 fully saturated rings. The highest BCUT2D eigenvalue weighted by Crippen LogP contribution is 2.32. The molecule has 1 unspecified atom stereocenters. The first kappa shape index (κ1) is 15.8. The Balaban J connectivity index is 1.70. The first-order valence-corrected chi connectivity index (χ1v) is 7.28. The standard InChI is InChI=1S/C16H23NO4/c1-2-3-7-19-8-6-17-12-14(18)13-4-5-15-16(11-13)21-10-9-20-15/h2,4-5,11,14,17-18H,1,3,6-10,12H2. The second kappa shape index (κ2) is 8.67. The van der Waals surface area contributed by atoms with E-state index in [9.17, 15) is 5.11 Å². The summed E-state index contributed by atoms with van der Waals surface area (Å²) in [5.74, 6) is 1.44. The molecule has 21 heavy (non-hydrogen) atoms. The molecule has 1 aliphatic heterocycles. The molecule has 0 spiro atoms. The van der Waals surface area contributed by atoms with Crippen LogP contribution in [0.4, 0.5) is 0 Å². The molecule has 0 saturated heterocycles. The Kier molecular flexibility index (Phi) is 6.53. The third-order valence-electron chi connectivity index (χ3n) is 3.18. The van der Waals surface area contributed by atoms with E-state index >= 15 is 0 Å². The Hall–Kier alpha value is -1.56. The Morgan fingerprint density at radius 2 is 2.10 bits per heavy atom. The van der Waals surface area contributed by atoms with E-state index in [4.69, 9.17) is 14.2 Å². The minimum atomic E-state index is -0.575. The molecular formula is C16H23NO4. The average Bonchev–Trinajstić information content (AvgIpc) is 2.53. The summed E-state index contributed by atoms with van der Waals surface area (Å²) in [6.45, 7) is 7.26. The number of aliphatic hydroxyl groups is 1. The summed E-state index contributed by atoms with van der Waals surface area (Å²) in [6, 6.07) is 5.54. The van der Waals surface area contributed by atoms with E-state index in [1.165, 1.54) is 0 Å². The predicted molar refractivity (Wildman–Crippen MR) is 80.9 cm³/mol. The molecule has 1 heterocycles. The lowest BCUT2D eigenvalue weighted by Gasteiger charge is -2.20. The lowest BCUT2D eigenvalue weighted by molar-refractivity contribution is 0.131. The largest absolute Gasteiger partial charge is 0.486 e. The summed E-state index contributed by atoms with van der Waals surface area (Å²) in [7, 11) is 0. The van der Waals surface area contributed by atoms with E-state index < -0.39 is 6.10 Å². The van der Waals surface area contributed by atoms with Crippen molar-refractivity contribution in [2.75, 3.05) is 39.5 Å². The second-order valence-electron chi connectivity index (χ2n) is 4.81. The number of hydrogen-bond acceptors (Lipinski definition) is 5. The average molecular weight is 293 g/mol. The van der Waals surface area contributed by atoms with E-state index in [0.29, 0.717) is 45.3 Å². The van der Waals surface area contributed by atoms with Gasteiger partial charge in [0.2, 0.25) is 0 Å². The summed E-state index contributed by atoms with van der Waals surface area (Å²) in [6.07, 6.45) is 2.12. The molecule has 1 aliphatic rings. The van der Waals surface area contributed by atoms with Crippen LogP contribution in [-0.4, -0.2) is 44.6 Å². The number of hydrogen-bond donors (Lipinski definition) is 2. The molecule has 0 bridgehead atoms. The SMILES string of the molecule is C=CCCOCCNCC(O)c1ccc2c(c1)OCCO2. The monoisotopic (exact) mass is 293 g/mol. The normalized spacial score (nSPS) is 14.7. The van der Waals surface area contributed by atoms with Crippen molar-refractivity contribution in [3.8, 4) is 11.5 Å². The van der Waals surface area contributed by atoms with Crippen LogP contribution in [0.15, 0.2) is 30.9 Å². The molecule has 0 aromatic heterocycles. The van der Waals surface area contributed by atoms with Gasteiger partial charge in [0.25, 0.3) is 0 Å². The maximum Gasteiger partial charge on any atom is 0.161 e. The summed E-state index contributed by atoms with van der Waals surface area (Å²) in [4.78, 5) is 0. The number of rotatable bonds is 9. The predicted octanol–water partition coefficient (Wildman–Crippen LogP) is 1.67. The van der Waals surface area contributed by atoms with E-state index in [2.05, 4.69) is 11.9 Å². The van der Waals surface area contributed by atoms with E-state index in [0.717, 1.165) is 17.7 Å². The van der Waals surface area contributed by atoms with Crippen molar-refractivity contribution in [2.24, 2.45) is 0 Å². The van der Waals surface area contributed by atoms with Crippen molar-refractivity contribution in [1.82, 2.24) is 5.32 Å². The Labute approximate surface area is 125 Å². The van der Waals surface area contributed by atoms with Gasteiger partial charge in [-0.05, 0) is 24.1 Å². The molecule has 1 aromatic carbocycles. The van der Waals surface area contributed by atoms with Gasteiger partial charge in [0.05, 0.1) is 19.3 Å². The van der Waals surface area contributed by atoms with Gasteiger partial charge >= 0.3 is 0 Å². The molecule has 5 nitrogen and oxygen atoms in total. The number of fused-ring (bicyclic) bond motifs is 1. The number of nitrogens with one attached hydrogen (secondary N) is 1. The summed E-state index contributed by atoms with van der Waals surface area (Å²) in [5, 5.41) is 13.3. The Morgan fingerprint density at radius 1 is 1.29 bits per heavy atom. The molecule has 116 valence electrons. The molecule has 5 heteroatoms. The highest BCUT2D eigenvalue weighted by atomic mass is 16.6. The van der Waals surface area contributed by atoms with Gasteiger partial charge in [0.15, 0.2) is 11.5 Å². The fraction of sp³-hybridized carbons (Fsp3) is 0.500. The topological polar surface area (TPSA) is 60.0 Å². The Bertz CT molecular complexity index is 450. The van der Waals surface area contributed by atoms with Crippen LogP contribution in [0, 0.1) is 0 Å².